The van der Waals surface area contributed by atoms with Crippen LogP contribution in [0.3, 0.4) is 0 Å². The molecule has 0 heterocycles. The summed E-state index contributed by atoms with van der Waals surface area (Å²) < 4.78 is 0. The van der Waals surface area contributed by atoms with Gasteiger partial charge in [-0.25, -0.2) is 0 Å². The summed E-state index contributed by atoms with van der Waals surface area (Å²) in [7, 11) is 0. The summed E-state index contributed by atoms with van der Waals surface area (Å²) in [4.78, 5) is 0. The zero-order chi connectivity index (χ0) is 8.69. The predicted octanol–water partition coefficient (Wildman–Crippen LogP) is 3.14. The highest BCUT2D eigenvalue weighted by molar-refractivity contribution is 4.92. The van der Waals surface area contributed by atoms with Gasteiger partial charge in [0, 0.05) is 5.92 Å². The molecule has 0 fully saturated rings. The third kappa shape index (κ3) is 5.66. The van der Waals surface area contributed by atoms with Crippen LogP contribution >= 0.6 is 0 Å². The van der Waals surface area contributed by atoms with Crippen molar-refractivity contribution >= 4 is 0 Å². The molecular formula is C10H17N. The van der Waals surface area contributed by atoms with Crippen LogP contribution in [-0.2, 0) is 0 Å². The lowest BCUT2D eigenvalue weighted by atomic mass is 10.0. The van der Waals surface area contributed by atoms with Gasteiger partial charge in [-0.15, -0.1) is 0 Å². The first-order chi connectivity index (χ1) is 5.20. The van der Waals surface area contributed by atoms with E-state index in [1.54, 1.807) is 0 Å². The van der Waals surface area contributed by atoms with Crippen molar-refractivity contribution in [2.45, 2.75) is 33.6 Å². The lowest BCUT2D eigenvalue weighted by molar-refractivity contribution is 0.648. The summed E-state index contributed by atoms with van der Waals surface area (Å²) >= 11 is 0. The molecule has 0 N–H and O–H groups in total. The molecule has 0 bridgehead atoms. The number of allylic oxidation sites excluding steroid dienone is 2. The molecule has 0 aromatic rings. The van der Waals surface area contributed by atoms with Gasteiger partial charge in [0.25, 0.3) is 0 Å². The molecule has 0 rings (SSSR count). The normalized spacial score (nSPS) is 13.7. The molecule has 1 atom stereocenters. The van der Waals surface area contributed by atoms with Crippen molar-refractivity contribution < 1.29 is 0 Å². The fourth-order valence-electron chi connectivity index (χ4n) is 0.826. The Hall–Kier alpha value is -0.770. The van der Waals surface area contributed by atoms with Gasteiger partial charge in [-0.2, -0.15) is 5.26 Å². The van der Waals surface area contributed by atoms with Crippen molar-refractivity contribution in [3.05, 3.63) is 12.2 Å². The number of nitriles is 1. The van der Waals surface area contributed by atoms with Crippen LogP contribution in [0, 0.1) is 23.2 Å². The van der Waals surface area contributed by atoms with E-state index in [0.29, 0.717) is 5.92 Å². The second kappa shape index (κ2) is 5.97. The van der Waals surface area contributed by atoms with Gasteiger partial charge in [0.15, 0.2) is 0 Å². The third-order valence-electron chi connectivity index (χ3n) is 1.62. The highest BCUT2D eigenvalue weighted by Crippen LogP contribution is 2.07. The van der Waals surface area contributed by atoms with Gasteiger partial charge >= 0.3 is 0 Å². The Balaban J connectivity index is 3.60. The van der Waals surface area contributed by atoms with E-state index < -0.39 is 0 Å². The van der Waals surface area contributed by atoms with Crippen molar-refractivity contribution in [3.8, 4) is 6.07 Å². The van der Waals surface area contributed by atoms with E-state index in [0.717, 1.165) is 12.8 Å². The van der Waals surface area contributed by atoms with Crippen LogP contribution in [0.25, 0.3) is 0 Å². The molecule has 0 saturated heterocycles. The van der Waals surface area contributed by atoms with Crippen molar-refractivity contribution in [3.63, 3.8) is 0 Å². The zero-order valence-corrected chi connectivity index (χ0v) is 7.67. The molecule has 62 valence electrons. The van der Waals surface area contributed by atoms with Gasteiger partial charge < -0.3 is 0 Å². The Morgan fingerprint density at radius 2 is 2.09 bits per heavy atom. The predicted molar refractivity (Wildman–Crippen MR) is 48.0 cm³/mol. The van der Waals surface area contributed by atoms with Crippen molar-refractivity contribution in [2.75, 3.05) is 0 Å². The third-order valence-corrected chi connectivity index (χ3v) is 1.62. The van der Waals surface area contributed by atoms with Crippen molar-refractivity contribution in [2.24, 2.45) is 11.8 Å². The van der Waals surface area contributed by atoms with E-state index in [4.69, 9.17) is 5.26 Å². The molecule has 0 aliphatic heterocycles. The summed E-state index contributed by atoms with van der Waals surface area (Å²) in [6, 6.07) is 2.27. The van der Waals surface area contributed by atoms with Gasteiger partial charge in [-0.05, 0) is 18.8 Å². The summed E-state index contributed by atoms with van der Waals surface area (Å²) in [5.74, 6) is 0.816. The molecule has 1 nitrogen and oxygen atoms in total. The van der Waals surface area contributed by atoms with E-state index in [2.05, 4.69) is 39.0 Å². The van der Waals surface area contributed by atoms with Crippen molar-refractivity contribution in [1.82, 2.24) is 0 Å². The molecule has 0 saturated carbocycles. The Morgan fingerprint density at radius 3 is 2.45 bits per heavy atom. The molecule has 0 spiro atoms. The minimum absolute atomic E-state index is 0.213. The van der Waals surface area contributed by atoms with Crippen LogP contribution in [-0.4, -0.2) is 0 Å². The van der Waals surface area contributed by atoms with E-state index >= 15 is 0 Å². The second-order valence-corrected chi connectivity index (χ2v) is 3.14. The molecule has 0 aromatic carbocycles. The minimum atomic E-state index is 0.213. The van der Waals surface area contributed by atoms with Crippen LogP contribution in [0.2, 0.25) is 0 Å². The van der Waals surface area contributed by atoms with E-state index in [9.17, 15) is 0 Å². The highest BCUT2D eigenvalue weighted by Gasteiger charge is 1.99. The van der Waals surface area contributed by atoms with E-state index in [-0.39, 0.29) is 5.92 Å². The Labute approximate surface area is 69.7 Å². The molecule has 1 unspecified atom stereocenters. The number of hydrogen-bond acceptors (Lipinski definition) is 1. The number of nitrogens with zero attached hydrogens (tertiary/aromatic N) is 1. The maximum atomic E-state index is 8.61. The molecule has 0 aliphatic carbocycles. The van der Waals surface area contributed by atoms with Crippen LogP contribution in [0.5, 0.6) is 0 Å². The van der Waals surface area contributed by atoms with Gasteiger partial charge in [0.2, 0.25) is 0 Å². The molecule has 0 radical (unpaired) electrons. The fraction of sp³-hybridized carbons (Fsp3) is 0.700. The van der Waals surface area contributed by atoms with Crippen LogP contribution < -0.4 is 0 Å². The first kappa shape index (κ1) is 10.2. The first-order valence-corrected chi connectivity index (χ1v) is 4.27. The zero-order valence-electron chi connectivity index (χ0n) is 7.67. The lowest BCUT2D eigenvalue weighted by Crippen LogP contribution is -1.91. The SMILES string of the molecule is CCC(C#N)CC=CC(C)C. The Bertz CT molecular complexity index is 151. The van der Waals surface area contributed by atoms with Crippen LogP contribution in [0.1, 0.15) is 33.6 Å². The summed E-state index contributed by atoms with van der Waals surface area (Å²) in [5, 5.41) is 8.61. The van der Waals surface area contributed by atoms with Gasteiger partial charge in [-0.3, -0.25) is 0 Å². The first-order valence-electron chi connectivity index (χ1n) is 4.27. The highest BCUT2D eigenvalue weighted by atomic mass is 14.3. The lowest BCUT2D eigenvalue weighted by Gasteiger charge is -2.00. The molecule has 0 aromatic heterocycles. The smallest absolute Gasteiger partial charge is 0.0658 e. The maximum absolute atomic E-state index is 8.61. The molecule has 11 heavy (non-hydrogen) atoms. The maximum Gasteiger partial charge on any atom is 0.0658 e. The summed E-state index contributed by atoms with van der Waals surface area (Å²) in [6.45, 7) is 6.34. The monoisotopic (exact) mass is 151 g/mol. The topological polar surface area (TPSA) is 23.8 Å². The molecule has 1 heteroatoms. The largest absolute Gasteiger partial charge is 0.198 e. The summed E-state index contributed by atoms with van der Waals surface area (Å²) in [5.41, 5.74) is 0. The average Bonchev–Trinajstić information content (AvgIpc) is 1.98. The Morgan fingerprint density at radius 1 is 1.45 bits per heavy atom. The number of hydrogen-bond donors (Lipinski definition) is 0. The standard InChI is InChI=1S/C10H17N/c1-4-10(8-11)7-5-6-9(2)3/h5-6,9-10H,4,7H2,1-3H3. The second-order valence-electron chi connectivity index (χ2n) is 3.14. The number of rotatable bonds is 4. The summed E-state index contributed by atoms with van der Waals surface area (Å²) in [6.07, 6.45) is 6.13. The fourth-order valence-corrected chi connectivity index (χ4v) is 0.826. The van der Waals surface area contributed by atoms with Gasteiger partial charge in [0.05, 0.1) is 6.07 Å². The van der Waals surface area contributed by atoms with E-state index in [1.807, 2.05) is 0 Å². The quantitative estimate of drug-likeness (QED) is 0.566. The molecule has 0 amide bonds. The Kier molecular flexibility index (Phi) is 5.56. The average molecular weight is 151 g/mol. The van der Waals surface area contributed by atoms with Gasteiger partial charge in [0.1, 0.15) is 0 Å². The van der Waals surface area contributed by atoms with Crippen LogP contribution in [0.4, 0.5) is 0 Å². The van der Waals surface area contributed by atoms with Crippen LogP contribution in [0.15, 0.2) is 12.2 Å². The minimum Gasteiger partial charge on any atom is -0.198 e. The van der Waals surface area contributed by atoms with Gasteiger partial charge in [-0.1, -0.05) is 32.9 Å². The molecular weight excluding hydrogens is 134 g/mol. The molecule has 0 aliphatic rings. The van der Waals surface area contributed by atoms with E-state index in [1.165, 1.54) is 0 Å². The van der Waals surface area contributed by atoms with Crippen molar-refractivity contribution in [1.29, 1.82) is 5.26 Å².